The summed E-state index contributed by atoms with van der Waals surface area (Å²) in [5, 5.41) is 1.55. The minimum atomic E-state index is -0.681. The van der Waals surface area contributed by atoms with Crippen LogP contribution in [0.3, 0.4) is 0 Å². The Morgan fingerprint density at radius 2 is 1.16 bits per heavy atom. The highest BCUT2D eigenvalue weighted by molar-refractivity contribution is 5.95. The lowest BCUT2D eigenvalue weighted by Crippen LogP contribution is -2.13. The van der Waals surface area contributed by atoms with E-state index in [9.17, 15) is 24.0 Å². The van der Waals surface area contributed by atoms with Gasteiger partial charge in [0.1, 0.15) is 17.2 Å². The molecule has 4 rings (SSSR count). The number of carbonyl (C=O) groups is 5. The third-order valence-electron chi connectivity index (χ3n) is 7.67. The highest BCUT2D eigenvalue weighted by Crippen LogP contribution is 2.31. The molecule has 286 valence electrons. The minimum absolute atomic E-state index is 0.0977. The van der Waals surface area contributed by atoms with Gasteiger partial charge >= 0.3 is 29.8 Å². The minimum Gasteiger partial charge on any atom is -0.490 e. The normalized spacial score (nSPS) is 10.4. The second kappa shape index (κ2) is 20.5. The molecule has 4 aromatic rings. The van der Waals surface area contributed by atoms with Crippen LogP contribution in [0.25, 0.3) is 10.8 Å². The summed E-state index contributed by atoms with van der Waals surface area (Å²) >= 11 is 0. The predicted molar refractivity (Wildman–Crippen MR) is 204 cm³/mol. The van der Waals surface area contributed by atoms with E-state index < -0.39 is 29.8 Å². The summed E-state index contributed by atoms with van der Waals surface area (Å²) in [6.07, 6.45) is 4.11. The molecule has 12 heteroatoms. The molecular formula is C43H42O12. The topological polar surface area (TPSA) is 150 Å². The van der Waals surface area contributed by atoms with E-state index in [2.05, 4.69) is 19.7 Å². The molecule has 0 amide bonds. The number of fused-ring (bicyclic) bond motifs is 1. The van der Waals surface area contributed by atoms with Crippen molar-refractivity contribution in [1.82, 2.24) is 0 Å². The summed E-state index contributed by atoms with van der Waals surface area (Å²) in [6, 6.07) is 19.5. The van der Waals surface area contributed by atoms with Gasteiger partial charge in [-0.15, -0.1) is 0 Å². The van der Waals surface area contributed by atoms with Crippen LogP contribution in [0, 0.1) is 0 Å². The van der Waals surface area contributed by atoms with Crippen molar-refractivity contribution < 1.29 is 57.1 Å². The average molecular weight is 751 g/mol. The molecule has 12 nitrogen and oxygen atoms in total. The summed E-state index contributed by atoms with van der Waals surface area (Å²) in [7, 11) is 0. The molecule has 0 aliphatic heterocycles. The van der Waals surface area contributed by atoms with E-state index in [-0.39, 0.29) is 49.1 Å². The van der Waals surface area contributed by atoms with Crippen molar-refractivity contribution in [2.24, 2.45) is 0 Å². The molecule has 0 N–H and O–H groups in total. The maximum atomic E-state index is 13.4. The van der Waals surface area contributed by atoms with Crippen LogP contribution in [0.2, 0.25) is 0 Å². The second-order valence-corrected chi connectivity index (χ2v) is 12.0. The van der Waals surface area contributed by atoms with Crippen LogP contribution in [-0.2, 0) is 30.3 Å². The van der Waals surface area contributed by atoms with Gasteiger partial charge in [0.25, 0.3) is 0 Å². The summed E-state index contributed by atoms with van der Waals surface area (Å²) in [6.45, 7) is 14.4. The van der Waals surface area contributed by atoms with E-state index in [1.54, 1.807) is 61.5 Å². The molecule has 55 heavy (non-hydrogen) atoms. The number of hydrogen-bond donors (Lipinski definition) is 0. The number of ether oxygens (including phenoxy) is 7. The van der Waals surface area contributed by atoms with Gasteiger partial charge < -0.3 is 33.2 Å². The zero-order valence-corrected chi connectivity index (χ0v) is 30.8. The number of benzene rings is 4. The van der Waals surface area contributed by atoms with Gasteiger partial charge in [-0.05, 0) is 90.3 Å². The van der Waals surface area contributed by atoms with E-state index in [1.807, 2.05) is 6.92 Å². The quantitative estimate of drug-likeness (QED) is 0.0377. The molecule has 0 aliphatic rings. The predicted octanol–water partition coefficient (Wildman–Crippen LogP) is 7.71. The first-order valence-corrected chi connectivity index (χ1v) is 17.5. The third kappa shape index (κ3) is 12.5. The number of hydrogen-bond acceptors (Lipinski definition) is 12. The lowest BCUT2D eigenvalue weighted by molar-refractivity contribution is -0.138. The van der Waals surface area contributed by atoms with E-state index in [1.165, 1.54) is 18.2 Å². The monoisotopic (exact) mass is 750 g/mol. The van der Waals surface area contributed by atoms with Crippen LogP contribution in [0.4, 0.5) is 0 Å². The van der Waals surface area contributed by atoms with E-state index in [0.717, 1.165) is 22.9 Å². The maximum absolute atomic E-state index is 13.4. The zero-order chi connectivity index (χ0) is 39.7. The van der Waals surface area contributed by atoms with Crippen LogP contribution in [0.15, 0.2) is 110 Å². The highest BCUT2D eigenvalue weighted by atomic mass is 16.6. The first kappa shape index (κ1) is 41.1. The average Bonchev–Trinajstić information content (AvgIpc) is 3.17. The fourth-order valence-electron chi connectivity index (χ4n) is 4.97. The molecule has 0 heterocycles. The molecule has 0 aromatic heterocycles. The van der Waals surface area contributed by atoms with E-state index >= 15 is 0 Å². The lowest BCUT2D eigenvalue weighted by Gasteiger charge is -2.15. The van der Waals surface area contributed by atoms with Crippen molar-refractivity contribution >= 4 is 40.6 Å². The Labute approximate surface area is 318 Å². The van der Waals surface area contributed by atoms with Crippen LogP contribution in [0.5, 0.6) is 28.7 Å². The van der Waals surface area contributed by atoms with E-state index in [4.69, 9.17) is 33.2 Å². The molecule has 0 aliphatic carbocycles. The first-order valence-electron chi connectivity index (χ1n) is 17.5. The van der Waals surface area contributed by atoms with Crippen LogP contribution >= 0.6 is 0 Å². The number of esters is 5. The van der Waals surface area contributed by atoms with Gasteiger partial charge in [0.05, 0.1) is 37.6 Å². The van der Waals surface area contributed by atoms with Crippen molar-refractivity contribution in [2.45, 2.75) is 39.5 Å². The van der Waals surface area contributed by atoms with Gasteiger partial charge in [0.2, 0.25) is 0 Å². The number of rotatable bonds is 20. The Hall–Kier alpha value is -6.69. The van der Waals surface area contributed by atoms with Gasteiger partial charge in [0, 0.05) is 30.6 Å². The van der Waals surface area contributed by atoms with Crippen molar-refractivity contribution in [2.75, 3.05) is 26.4 Å². The largest absolute Gasteiger partial charge is 0.490 e. The van der Waals surface area contributed by atoms with Gasteiger partial charge in [-0.3, -0.25) is 0 Å². The number of aryl methyl sites for hydroxylation is 1. The Morgan fingerprint density at radius 3 is 1.75 bits per heavy atom. The molecule has 0 spiro atoms. The Morgan fingerprint density at radius 1 is 0.618 bits per heavy atom. The van der Waals surface area contributed by atoms with Crippen LogP contribution < -0.4 is 23.7 Å². The molecule has 0 atom stereocenters. The molecule has 4 aromatic carbocycles. The smallest absolute Gasteiger partial charge is 0.343 e. The van der Waals surface area contributed by atoms with Gasteiger partial charge in [-0.25, -0.2) is 24.0 Å². The Kier molecular flexibility index (Phi) is 15.3. The molecule has 0 bridgehead atoms. The maximum Gasteiger partial charge on any atom is 0.343 e. The second-order valence-electron chi connectivity index (χ2n) is 12.0. The van der Waals surface area contributed by atoms with Crippen molar-refractivity contribution in [3.05, 3.63) is 127 Å². The molecule has 0 saturated carbocycles. The summed E-state index contributed by atoms with van der Waals surface area (Å²) in [4.78, 5) is 61.2. The third-order valence-corrected chi connectivity index (χ3v) is 7.67. The van der Waals surface area contributed by atoms with Gasteiger partial charge in [-0.1, -0.05) is 45.2 Å². The molecule has 0 unspecified atom stereocenters. The summed E-state index contributed by atoms with van der Waals surface area (Å²) in [5.74, 6) is -1.38. The molecular weight excluding hydrogens is 708 g/mol. The standard InChI is InChI=1S/C43H42O12/c1-6-11-31-26-35(17-18-36(31)43(48)55-34-16-13-29-24-33(15-12-30(29)25-34)53-41(46)28(4)5)54-42(47)32-14-19-37(49-20-9-22-51-39(44)7-2)38(27-32)50-21-10-23-52-40(45)8-3/h7-8,12-19,24-27H,2-4,6,9-11,20-23H2,1,5H3. The van der Waals surface area contributed by atoms with Crippen LogP contribution in [0.1, 0.15) is 59.4 Å². The number of carbonyl (C=O) groups excluding carboxylic acids is 5. The summed E-state index contributed by atoms with van der Waals surface area (Å²) < 4.78 is 38.4. The Balaban J connectivity index is 1.45. The fourth-order valence-corrected chi connectivity index (χ4v) is 4.97. The SMILES string of the molecule is C=CC(=O)OCCCOc1ccc(C(=O)Oc2ccc(C(=O)Oc3ccc4cc(OC(=O)C(=C)C)ccc4c3)c(CCC)c2)cc1OCCCOC(=O)C=C. The summed E-state index contributed by atoms with van der Waals surface area (Å²) in [5.41, 5.74) is 1.40. The first-order chi connectivity index (χ1) is 26.5. The lowest BCUT2D eigenvalue weighted by atomic mass is 10.0. The van der Waals surface area contributed by atoms with Crippen LogP contribution in [-0.4, -0.2) is 56.3 Å². The molecule has 0 saturated heterocycles. The van der Waals surface area contributed by atoms with E-state index in [0.29, 0.717) is 54.1 Å². The highest BCUT2D eigenvalue weighted by Gasteiger charge is 2.19. The molecule has 0 radical (unpaired) electrons. The Bertz CT molecular complexity index is 2080. The molecule has 0 fully saturated rings. The van der Waals surface area contributed by atoms with Crippen molar-refractivity contribution in [3.8, 4) is 28.7 Å². The van der Waals surface area contributed by atoms with Gasteiger partial charge in [-0.2, -0.15) is 0 Å². The van der Waals surface area contributed by atoms with Crippen molar-refractivity contribution in [3.63, 3.8) is 0 Å². The van der Waals surface area contributed by atoms with Crippen molar-refractivity contribution in [1.29, 1.82) is 0 Å². The zero-order valence-electron chi connectivity index (χ0n) is 30.8. The fraction of sp³-hybridized carbons (Fsp3) is 0.233. The van der Waals surface area contributed by atoms with Gasteiger partial charge in [0.15, 0.2) is 11.5 Å².